The van der Waals surface area contributed by atoms with Gasteiger partial charge in [0.2, 0.25) is 0 Å². The van der Waals surface area contributed by atoms with Crippen molar-refractivity contribution in [1.82, 2.24) is 4.98 Å². The van der Waals surface area contributed by atoms with Crippen molar-refractivity contribution in [2.24, 2.45) is 0 Å². The van der Waals surface area contributed by atoms with E-state index in [2.05, 4.69) is 10.3 Å². The van der Waals surface area contributed by atoms with E-state index in [1.54, 1.807) is 25.4 Å². The lowest BCUT2D eigenvalue weighted by Crippen LogP contribution is -2.07. The van der Waals surface area contributed by atoms with Crippen molar-refractivity contribution in [3.63, 3.8) is 0 Å². The highest BCUT2D eigenvalue weighted by molar-refractivity contribution is 6.33. The highest BCUT2D eigenvalue weighted by Gasteiger charge is 2.11. The number of nitrogens with one attached hydrogen (secondary N) is 1. The molecule has 0 aliphatic heterocycles. The van der Waals surface area contributed by atoms with Crippen LogP contribution in [0, 0.1) is 19.7 Å². The molecule has 0 aliphatic carbocycles. The van der Waals surface area contributed by atoms with Crippen molar-refractivity contribution in [1.29, 1.82) is 0 Å². The molecule has 0 saturated carbocycles. The van der Waals surface area contributed by atoms with E-state index in [0.29, 0.717) is 11.6 Å². The largest absolute Gasteiger partial charge is 0.496 e. The van der Waals surface area contributed by atoms with E-state index in [-0.39, 0.29) is 11.5 Å². The van der Waals surface area contributed by atoms with Crippen LogP contribution in [0.3, 0.4) is 0 Å². The van der Waals surface area contributed by atoms with Crippen LogP contribution in [-0.4, -0.2) is 12.1 Å². The summed E-state index contributed by atoms with van der Waals surface area (Å²) in [6.07, 6.45) is 1.74. The van der Waals surface area contributed by atoms with Gasteiger partial charge in [0.15, 0.2) is 0 Å². The Labute approximate surface area is 122 Å². The fourth-order valence-electron chi connectivity index (χ4n) is 2.09. The van der Waals surface area contributed by atoms with E-state index in [4.69, 9.17) is 16.3 Å². The molecular formula is C15H16ClFN2O. The Hall–Kier alpha value is -1.81. The van der Waals surface area contributed by atoms with Gasteiger partial charge in [-0.1, -0.05) is 17.7 Å². The van der Waals surface area contributed by atoms with Crippen molar-refractivity contribution >= 4 is 17.3 Å². The first-order valence-electron chi connectivity index (χ1n) is 6.21. The molecule has 106 valence electrons. The zero-order chi connectivity index (χ0) is 14.7. The van der Waals surface area contributed by atoms with Gasteiger partial charge in [-0.25, -0.2) is 4.39 Å². The van der Waals surface area contributed by atoms with Gasteiger partial charge < -0.3 is 10.1 Å². The van der Waals surface area contributed by atoms with Crippen LogP contribution in [-0.2, 0) is 6.54 Å². The summed E-state index contributed by atoms with van der Waals surface area (Å²) in [5.74, 6) is 0.422. The van der Waals surface area contributed by atoms with Gasteiger partial charge in [0, 0.05) is 17.3 Å². The third-order valence-electron chi connectivity index (χ3n) is 3.15. The number of ether oxygens (including phenoxy) is 1. The molecule has 0 bridgehead atoms. The summed E-state index contributed by atoms with van der Waals surface area (Å²) in [7, 11) is 1.63. The van der Waals surface area contributed by atoms with E-state index < -0.39 is 0 Å². The molecule has 2 aromatic rings. The van der Waals surface area contributed by atoms with Crippen LogP contribution in [0.15, 0.2) is 24.4 Å². The summed E-state index contributed by atoms with van der Waals surface area (Å²) in [5, 5.41) is 3.33. The summed E-state index contributed by atoms with van der Waals surface area (Å²) >= 11 is 5.97. The number of hydrogen-bond donors (Lipinski definition) is 1. The van der Waals surface area contributed by atoms with Gasteiger partial charge in [-0.05, 0) is 26.0 Å². The average molecular weight is 295 g/mol. The van der Waals surface area contributed by atoms with Crippen molar-refractivity contribution in [3.8, 4) is 5.75 Å². The van der Waals surface area contributed by atoms with Crippen LogP contribution in [0.5, 0.6) is 5.75 Å². The van der Waals surface area contributed by atoms with E-state index in [9.17, 15) is 4.39 Å². The lowest BCUT2D eigenvalue weighted by molar-refractivity contribution is 0.407. The summed E-state index contributed by atoms with van der Waals surface area (Å²) in [4.78, 5) is 4.35. The quantitative estimate of drug-likeness (QED) is 0.921. The van der Waals surface area contributed by atoms with Gasteiger partial charge in [-0.3, -0.25) is 4.98 Å². The number of halogens is 2. The molecule has 20 heavy (non-hydrogen) atoms. The third-order valence-corrected chi connectivity index (χ3v) is 3.46. The number of nitrogens with zero attached hydrogens (tertiary/aromatic N) is 1. The molecule has 2 rings (SSSR count). The smallest absolute Gasteiger partial charge is 0.147 e. The molecule has 1 aromatic heterocycles. The normalized spacial score (nSPS) is 10.4. The molecule has 0 aliphatic rings. The van der Waals surface area contributed by atoms with Crippen LogP contribution < -0.4 is 10.1 Å². The van der Waals surface area contributed by atoms with E-state index in [1.807, 2.05) is 13.8 Å². The van der Waals surface area contributed by atoms with Gasteiger partial charge >= 0.3 is 0 Å². The topological polar surface area (TPSA) is 34.1 Å². The van der Waals surface area contributed by atoms with Crippen LogP contribution in [0.25, 0.3) is 0 Å². The Morgan fingerprint density at radius 1 is 1.35 bits per heavy atom. The fraction of sp³-hybridized carbons (Fsp3) is 0.267. The van der Waals surface area contributed by atoms with Gasteiger partial charge in [0.05, 0.1) is 30.1 Å². The predicted octanol–water partition coefficient (Wildman–Crippen LogP) is 4.11. The number of hydrogen-bond acceptors (Lipinski definition) is 3. The first kappa shape index (κ1) is 14.6. The molecule has 0 saturated heterocycles. The number of methoxy groups -OCH3 is 1. The molecule has 0 atom stereocenters. The molecule has 1 aromatic carbocycles. The van der Waals surface area contributed by atoms with Crippen LogP contribution in [0.1, 0.15) is 16.8 Å². The maximum Gasteiger partial charge on any atom is 0.147 e. The summed E-state index contributed by atoms with van der Waals surface area (Å²) in [6.45, 7) is 4.24. The molecule has 0 spiro atoms. The van der Waals surface area contributed by atoms with Crippen molar-refractivity contribution in [2.75, 3.05) is 12.4 Å². The Balaban J connectivity index is 2.24. The van der Waals surface area contributed by atoms with Crippen molar-refractivity contribution < 1.29 is 9.13 Å². The Morgan fingerprint density at radius 3 is 2.75 bits per heavy atom. The number of rotatable bonds is 4. The second-order valence-corrected chi connectivity index (χ2v) is 4.90. The van der Waals surface area contributed by atoms with Crippen molar-refractivity contribution in [2.45, 2.75) is 20.4 Å². The summed E-state index contributed by atoms with van der Waals surface area (Å²) < 4.78 is 19.0. The van der Waals surface area contributed by atoms with Crippen LogP contribution in [0.2, 0.25) is 5.02 Å². The molecule has 3 nitrogen and oxygen atoms in total. The third kappa shape index (κ3) is 2.85. The van der Waals surface area contributed by atoms with Crippen LogP contribution in [0.4, 0.5) is 10.1 Å². The second kappa shape index (κ2) is 6.09. The summed E-state index contributed by atoms with van der Waals surface area (Å²) in [5.41, 5.74) is 2.99. The zero-order valence-electron chi connectivity index (χ0n) is 11.6. The second-order valence-electron chi connectivity index (χ2n) is 4.50. The SMILES string of the molecule is COc1c(C)cnc(CNc2c(F)cccc2Cl)c1C. The lowest BCUT2D eigenvalue weighted by Gasteiger charge is -2.14. The fourth-order valence-corrected chi connectivity index (χ4v) is 2.32. The van der Waals surface area contributed by atoms with Gasteiger partial charge in [0.1, 0.15) is 11.6 Å². The first-order chi connectivity index (χ1) is 9.54. The molecule has 0 fully saturated rings. The molecular weight excluding hydrogens is 279 g/mol. The van der Waals surface area contributed by atoms with Crippen LogP contribution >= 0.6 is 11.6 Å². The molecule has 1 heterocycles. The predicted molar refractivity (Wildman–Crippen MR) is 79.0 cm³/mol. The Kier molecular flexibility index (Phi) is 4.45. The molecule has 0 amide bonds. The van der Waals surface area contributed by atoms with E-state index >= 15 is 0 Å². The minimum atomic E-state index is -0.380. The van der Waals surface area contributed by atoms with E-state index in [0.717, 1.165) is 22.6 Å². The van der Waals surface area contributed by atoms with Gasteiger partial charge in [-0.15, -0.1) is 0 Å². The minimum Gasteiger partial charge on any atom is -0.496 e. The van der Waals surface area contributed by atoms with Gasteiger partial charge in [0.25, 0.3) is 0 Å². The minimum absolute atomic E-state index is 0.287. The zero-order valence-corrected chi connectivity index (χ0v) is 12.4. The Bertz CT molecular complexity index is 611. The lowest BCUT2D eigenvalue weighted by atomic mass is 10.1. The van der Waals surface area contributed by atoms with Crippen molar-refractivity contribution in [3.05, 3.63) is 52.1 Å². The van der Waals surface area contributed by atoms with E-state index in [1.165, 1.54) is 6.07 Å². The highest BCUT2D eigenvalue weighted by Crippen LogP contribution is 2.27. The number of aromatic nitrogens is 1. The number of anilines is 1. The number of aryl methyl sites for hydroxylation is 1. The number of benzene rings is 1. The Morgan fingerprint density at radius 2 is 2.10 bits per heavy atom. The van der Waals surface area contributed by atoms with Gasteiger partial charge in [-0.2, -0.15) is 0 Å². The molecule has 0 radical (unpaired) electrons. The molecule has 5 heteroatoms. The monoisotopic (exact) mass is 294 g/mol. The maximum absolute atomic E-state index is 13.7. The average Bonchev–Trinajstić information content (AvgIpc) is 2.41. The standard InChI is InChI=1S/C15H16ClFN2O/c1-9-7-18-13(10(2)15(9)20-3)8-19-14-11(16)5-4-6-12(14)17/h4-7,19H,8H2,1-3H3. The summed E-state index contributed by atoms with van der Waals surface area (Å²) in [6, 6.07) is 4.58. The maximum atomic E-state index is 13.7. The molecule has 0 unspecified atom stereocenters. The highest BCUT2D eigenvalue weighted by atomic mass is 35.5. The number of para-hydroxylation sites is 1. The first-order valence-corrected chi connectivity index (χ1v) is 6.59. The number of pyridine rings is 1. The molecule has 1 N–H and O–H groups in total.